The molecule has 58 valence electrons. The van der Waals surface area contributed by atoms with Gasteiger partial charge < -0.3 is 0 Å². The molecule has 2 radical (unpaired) electrons. The van der Waals surface area contributed by atoms with Gasteiger partial charge in [-0.1, -0.05) is 29.8 Å². The molecule has 2 heteroatoms. The molecule has 0 aliphatic carbocycles. The number of halogens is 1. The Morgan fingerprint density at radius 3 is 2.83 bits per heavy atom. The summed E-state index contributed by atoms with van der Waals surface area (Å²) in [6.07, 6.45) is 1.65. The van der Waals surface area contributed by atoms with Crippen LogP contribution in [-0.4, -0.2) is 4.98 Å². The normalized spacial score (nSPS) is 10.5. The van der Waals surface area contributed by atoms with Crippen LogP contribution in [0.15, 0.2) is 30.5 Å². The van der Waals surface area contributed by atoms with E-state index in [1.807, 2.05) is 18.2 Å². The maximum Gasteiger partial charge on any atom is 0.0752 e. The van der Waals surface area contributed by atoms with Crippen LogP contribution < -0.4 is 0 Å². The van der Waals surface area contributed by atoms with Crippen molar-refractivity contribution in [1.82, 2.24) is 4.98 Å². The predicted octanol–water partition coefficient (Wildman–Crippen LogP) is 2.95. The van der Waals surface area contributed by atoms with Crippen LogP contribution in [0.25, 0.3) is 10.9 Å². The van der Waals surface area contributed by atoms with Crippen molar-refractivity contribution in [3.8, 4) is 0 Å². The molecule has 0 aliphatic heterocycles. The van der Waals surface area contributed by atoms with Gasteiger partial charge in [-0.25, -0.2) is 0 Å². The molecule has 1 heterocycles. The Bertz CT molecular complexity index is 382. The van der Waals surface area contributed by atoms with Crippen molar-refractivity contribution < 1.29 is 0 Å². The van der Waals surface area contributed by atoms with E-state index in [9.17, 15) is 0 Å². The molecule has 0 aliphatic rings. The van der Waals surface area contributed by atoms with E-state index >= 15 is 0 Å². The van der Waals surface area contributed by atoms with Gasteiger partial charge in [-0.3, -0.25) is 4.98 Å². The SMILES string of the molecule is [CH]c1cccc2c(Cl)ccnc12. The Hall–Kier alpha value is -1.08. The molecule has 0 atom stereocenters. The van der Waals surface area contributed by atoms with E-state index in [4.69, 9.17) is 18.5 Å². The molecule has 0 unspecified atom stereocenters. The van der Waals surface area contributed by atoms with Crippen molar-refractivity contribution in [3.63, 3.8) is 0 Å². The molecule has 1 aromatic heterocycles. The monoisotopic (exact) mass is 175 g/mol. The summed E-state index contributed by atoms with van der Waals surface area (Å²) in [7, 11) is 0. The molecule has 0 bridgehead atoms. The van der Waals surface area contributed by atoms with Crippen molar-refractivity contribution in [2.24, 2.45) is 0 Å². The van der Waals surface area contributed by atoms with E-state index < -0.39 is 0 Å². The van der Waals surface area contributed by atoms with E-state index in [0.29, 0.717) is 10.6 Å². The lowest BCUT2D eigenvalue weighted by Gasteiger charge is -2.00. The molecule has 1 aromatic carbocycles. The number of hydrogen-bond donors (Lipinski definition) is 0. The van der Waals surface area contributed by atoms with Crippen LogP contribution in [0.5, 0.6) is 0 Å². The number of fused-ring (bicyclic) bond motifs is 1. The summed E-state index contributed by atoms with van der Waals surface area (Å²) in [5.41, 5.74) is 1.43. The molecular weight excluding hydrogens is 170 g/mol. The number of benzene rings is 1. The lowest BCUT2D eigenvalue weighted by atomic mass is 10.1. The van der Waals surface area contributed by atoms with Gasteiger partial charge in [0.2, 0.25) is 0 Å². The second-order valence-electron chi connectivity index (χ2n) is 2.54. The van der Waals surface area contributed by atoms with Crippen molar-refractivity contribution in [1.29, 1.82) is 0 Å². The molecule has 2 rings (SSSR count). The van der Waals surface area contributed by atoms with Crippen LogP contribution in [0.1, 0.15) is 5.56 Å². The summed E-state index contributed by atoms with van der Waals surface area (Å²) in [5, 5.41) is 1.59. The van der Waals surface area contributed by atoms with Crippen LogP contribution in [0.4, 0.5) is 0 Å². The lowest BCUT2D eigenvalue weighted by Crippen LogP contribution is -1.82. The van der Waals surface area contributed by atoms with Gasteiger partial charge in [0.15, 0.2) is 0 Å². The Morgan fingerprint density at radius 1 is 1.25 bits per heavy atom. The third kappa shape index (κ3) is 1.07. The summed E-state index contributed by atoms with van der Waals surface area (Å²) < 4.78 is 0. The molecule has 0 saturated carbocycles. The number of pyridine rings is 1. The van der Waals surface area contributed by atoms with Crippen molar-refractivity contribution in [2.45, 2.75) is 0 Å². The first-order valence-corrected chi connectivity index (χ1v) is 3.95. The fraction of sp³-hybridized carbons (Fsp3) is 0. The van der Waals surface area contributed by atoms with E-state index in [0.717, 1.165) is 10.9 Å². The first-order valence-electron chi connectivity index (χ1n) is 3.58. The Labute approximate surface area is 76.0 Å². The summed E-state index contributed by atoms with van der Waals surface area (Å²) in [6, 6.07) is 7.33. The first kappa shape index (κ1) is 7.56. The fourth-order valence-electron chi connectivity index (χ4n) is 1.17. The number of hydrogen-bond acceptors (Lipinski definition) is 1. The fourth-order valence-corrected chi connectivity index (χ4v) is 1.37. The molecule has 0 fully saturated rings. The lowest BCUT2D eigenvalue weighted by molar-refractivity contribution is 1.40. The zero-order valence-electron chi connectivity index (χ0n) is 6.29. The quantitative estimate of drug-likeness (QED) is 0.600. The van der Waals surface area contributed by atoms with Gasteiger partial charge in [-0.2, -0.15) is 0 Å². The number of rotatable bonds is 0. The molecule has 0 spiro atoms. The van der Waals surface area contributed by atoms with E-state index in [-0.39, 0.29) is 0 Å². The second-order valence-corrected chi connectivity index (χ2v) is 2.94. The molecule has 2 aromatic rings. The van der Waals surface area contributed by atoms with Gasteiger partial charge in [-0.15, -0.1) is 0 Å². The maximum absolute atomic E-state index is 5.93. The second kappa shape index (κ2) is 2.76. The smallest absolute Gasteiger partial charge is 0.0752 e. The zero-order valence-corrected chi connectivity index (χ0v) is 7.05. The molecule has 1 nitrogen and oxygen atoms in total. The van der Waals surface area contributed by atoms with E-state index in [1.54, 1.807) is 12.3 Å². The van der Waals surface area contributed by atoms with Crippen molar-refractivity contribution in [3.05, 3.63) is 48.0 Å². The Balaban J connectivity index is 2.94. The number of nitrogens with zero attached hydrogens (tertiary/aromatic N) is 1. The van der Waals surface area contributed by atoms with Crippen LogP contribution in [-0.2, 0) is 0 Å². The van der Waals surface area contributed by atoms with Crippen molar-refractivity contribution >= 4 is 22.5 Å². The minimum Gasteiger partial charge on any atom is -0.256 e. The summed E-state index contributed by atoms with van der Waals surface area (Å²) in [5.74, 6) is 0. The largest absolute Gasteiger partial charge is 0.256 e. The van der Waals surface area contributed by atoms with Crippen LogP contribution in [0, 0.1) is 6.92 Å². The van der Waals surface area contributed by atoms with Gasteiger partial charge in [0, 0.05) is 18.5 Å². The van der Waals surface area contributed by atoms with E-state index in [1.165, 1.54) is 0 Å². The van der Waals surface area contributed by atoms with Gasteiger partial charge in [0.1, 0.15) is 0 Å². The van der Waals surface area contributed by atoms with Crippen LogP contribution >= 0.6 is 11.6 Å². The average Bonchev–Trinajstić information content (AvgIpc) is 2.07. The summed E-state index contributed by atoms with van der Waals surface area (Å²) in [6.45, 7) is 5.70. The predicted molar refractivity (Wildman–Crippen MR) is 50.2 cm³/mol. The highest BCUT2D eigenvalue weighted by atomic mass is 35.5. The molecule has 0 amide bonds. The minimum absolute atomic E-state index is 0.662. The third-order valence-electron chi connectivity index (χ3n) is 1.75. The third-order valence-corrected chi connectivity index (χ3v) is 2.08. The number of aromatic nitrogens is 1. The summed E-state index contributed by atoms with van der Waals surface area (Å²) in [4.78, 5) is 4.13. The van der Waals surface area contributed by atoms with Crippen LogP contribution in [0.2, 0.25) is 5.02 Å². The van der Waals surface area contributed by atoms with Gasteiger partial charge in [0.25, 0.3) is 0 Å². The first-order chi connectivity index (χ1) is 5.79. The zero-order chi connectivity index (χ0) is 8.55. The summed E-state index contributed by atoms with van der Waals surface area (Å²) >= 11 is 5.93. The average molecular weight is 176 g/mol. The maximum atomic E-state index is 5.93. The van der Waals surface area contributed by atoms with Crippen LogP contribution in [0.3, 0.4) is 0 Å². The van der Waals surface area contributed by atoms with Gasteiger partial charge in [-0.05, 0) is 11.6 Å². The van der Waals surface area contributed by atoms with Gasteiger partial charge >= 0.3 is 0 Å². The minimum atomic E-state index is 0.662. The number of para-hydroxylation sites is 1. The molecule has 0 N–H and O–H groups in total. The van der Waals surface area contributed by atoms with E-state index in [2.05, 4.69) is 4.98 Å². The molecule has 0 saturated heterocycles. The highest BCUT2D eigenvalue weighted by Gasteiger charge is 2.00. The highest BCUT2D eigenvalue weighted by Crippen LogP contribution is 2.22. The topological polar surface area (TPSA) is 12.9 Å². The molecule has 12 heavy (non-hydrogen) atoms. The van der Waals surface area contributed by atoms with Crippen molar-refractivity contribution in [2.75, 3.05) is 0 Å². The molecular formula is C10H6ClN. The Kier molecular flexibility index (Phi) is 1.74. The van der Waals surface area contributed by atoms with Gasteiger partial charge in [0.05, 0.1) is 10.5 Å². The standard InChI is InChI=1S/C10H6ClN/c1-7-3-2-4-8-9(11)5-6-12-10(7)8/h1-6H. The Morgan fingerprint density at radius 2 is 2.08 bits per heavy atom. The highest BCUT2D eigenvalue weighted by molar-refractivity contribution is 6.35.